The lowest BCUT2D eigenvalue weighted by Crippen LogP contribution is -2.00. The molecule has 7 heteroatoms. The number of rotatable bonds is 7. The molecule has 0 fully saturated rings. The first-order valence-corrected chi connectivity index (χ1v) is 9.98. The molecule has 0 aliphatic carbocycles. The molecule has 3 aromatic carbocycles. The predicted octanol–water partition coefficient (Wildman–Crippen LogP) is 5.15. The maximum Gasteiger partial charge on any atom is 0.227 e. The van der Waals surface area contributed by atoms with Crippen LogP contribution in [0.2, 0.25) is 0 Å². The number of hydrogen-bond donors (Lipinski definition) is 1. The van der Waals surface area contributed by atoms with Gasteiger partial charge in [-0.25, -0.2) is 9.97 Å². The third-order valence-corrected chi connectivity index (χ3v) is 4.99. The van der Waals surface area contributed by atoms with Crippen LogP contribution >= 0.6 is 0 Å². The second-order valence-electron chi connectivity index (χ2n) is 7.16. The second-order valence-corrected chi connectivity index (χ2v) is 7.16. The molecule has 0 atom stereocenters. The molecule has 0 amide bonds. The van der Waals surface area contributed by atoms with Crippen molar-refractivity contribution in [3.63, 3.8) is 0 Å². The molecular formula is C25H22N4O3. The SMILES string of the molecule is COc1cc2cnc(Nc3ccc(OCc4ccc(C#N)cc4)c(C)c3)nc2cc1OC. The first kappa shape index (κ1) is 20.9. The molecule has 32 heavy (non-hydrogen) atoms. The maximum atomic E-state index is 8.89. The van der Waals surface area contributed by atoms with E-state index in [-0.39, 0.29) is 0 Å². The molecule has 0 saturated carbocycles. The van der Waals surface area contributed by atoms with E-state index in [1.165, 1.54) is 0 Å². The van der Waals surface area contributed by atoms with Gasteiger partial charge in [0.1, 0.15) is 12.4 Å². The van der Waals surface area contributed by atoms with E-state index in [1.54, 1.807) is 32.5 Å². The van der Waals surface area contributed by atoms with Crippen molar-refractivity contribution in [2.24, 2.45) is 0 Å². The highest BCUT2D eigenvalue weighted by Crippen LogP contribution is 2.32. The lowest BCUT2D eigenvalue weighted by molar-refractivity contribution is 0.304. The first-order chi connectivity index (χ1) is 15.6. The average Bonchev–Trinajstić information content (AvgIpc) is 2.83. The van der Waals surface area contributed by atoms with Gasteiger partial charge in [0, 0.05) is 23.3 Å². The zero-order valence-corrected chi connectivity index (χ0v) is 18.0. The maximum absolute atomic E-state index is 8.89. The molecule has 0 bridgehead atoms. The van der Waals surface area contributed by atoms with Crippen molar-refractivity contribution < 1.29 is 14.2 Å². The minimum atomic E-state index is 0.429. The topological polar surface area (TPSA) is 89.3 Å². The summed E-state index contributed by atoms with van der Waals surface area (Å²) in [7, 11) is 3.19. The summed E-state index contributed by atoms with van der Waals surface area (Å²) in [5.41, 5.74) is 4.22. The molecule has 0 unspecified atom stereocenters. The van der Waals surface area contributed by atoms with E-state index in [1.807, 2.05) is 49.4 Å². The van der Waals surface area contributed by atoms with E-state index in [2.05, 4.69) is 21.4 Å². The number of anilines is 2. The number of aryl methyl sites for hydroxylation is 1. The Kier molecular flexibility index (Phi) is 6.04. The number of nitrogens with zero attached hydrogens (tertiary/aromatic N) is 3. The van der Waals surface area contributed by atoms with E-state index >= 15 is 0 Å². The van der Waals surface area contributed by atoms with E-state index in [4.69, 9.17) is 19.5 Å². The lowest BCUT2D eigenvalue weighted by atomic mass is 10.1. The molecule has 4 rings (SSSR count). The standard InChI is InChI=1S/C25H22N4O3/c1-16-10-20(8-9-22(16)32-15-18-6-4-17(13-26)5-7-18)28-25-27-14-19-11-23(30-2)24(31-3)12-21(19)29-25/h4-12,14H,15H2,1-3H3,(H,27,28,29). The van der Waals surface area contributed by atoms with Crippen molar-refractivity contribution in [1.29, 1.82) is 5.26 Å². The minimum Gasteiger partial charge on any atom is -0.493 e. The summed E-state index contributed by atoms with van der Waals surface area (Å²) in [4.78, 5) is 8.99. The van der Waals surface area contributed by atoms with Gasteiger partial charge in [0.25, 0.3) is 0 Å². The van der Waals surface area contributed by atoms with Gasteiger partial charge in [-0.2, -0.15) is 5.26 Å². The number of nitriles is 1. The molecule has 0 aliphatic heterocycles. The molecule has 7 nitrogen and oxygen atoms in total. The van der Waals surface area contributed by atoms with Gasteiger partial charge in [0.05, 0.1) is 31.4 Å². The average molecular weight is 426 g/mol. The normalized spacial score (nSPS) is 10.4. The summed E-state index contributed by atoms with van der Waals surface area (Å²) in [6.07, 6.45) is 1.74. The monoisotopic (exact) mass is 426 g/mol. The van der Waals surface area contributed by atoms with Gasteiger partial charge in [0.2, 0.25) is 5.95 Å². The van der Waals surface area contributed by atoms with Crippen LogP contribution in [0.5, 0.6) is 17.2 Å². The fourth-order valence-electron chi connectivity index (χ4n) is 3.27. The van der Waals surface area contributed by atoms with Gasteiger partial charge >= 0.3 is 0 Å². The van der Waals surface area contributed by atoms with Gasteiger partial charge in [-0.1, -0.05) is 12.1 Å². The van der Waals surface area contributed by atoms with Crippen molar-refractivity contribution in [2.45, 2.75) is 13.5 Å². The van der Waals surface area contributed by atoms with E-state index in [0.717, 1.165) is 33.5 Å². The number of ether oxygens (including phenoxy) is 3. The highest BCUT2D eigenvalue weighted by Gasteiger charge is 2.09. The predicted molar refractivity (Wildman–Crippen MR) is 123 cm³/mol. The van der Waals surface area contributed by atoms with Crippen LogP contribution in [0.15, 0.2) is 60.8 Å². The van der Waals surface area contributed by atoms with Crippen LogP contribution in [0, 0.1) is 18.3 Å². The van der Waals surface area contributed by atoms with Crippen molar-refractivity contribution in [2.75, 3.05) is 19.5 Å². The smallest absolute Gasteiger partial charge is 0.227 e. The number of methoxy groups -OCH3 is 2. The zero-order valence-electron chi connectivity index (χ0n) is 18.0. The van der Waals surface area contributed by atoms with Crippen LogP contribution < -0.4 is 19.5 Å². The van der Waals surface area contributed by atoms with Gasteiger partial charge in [-0.3, -0.25) is 0 Å². The largest absolute Gasteiger partial charge is 0.493 e. The fraction of sp³-hybridized carbons (Fsp3) is 0.160. The molecule has 160 valence electrons. The molecule has 4 aromatic rings. The molecule has 1 heterocycles. The van der Waals surface area contributed by atoms with E-state index in [0.29, 0.717) is 29.6 Å². The Morgan fingerprint density at radius 2 is 1.69 bits per heavy atom. The Bertz CT molecular complexity index is 1300. The molecule has 0 aliphatic rings. The quantitative estimate of drug-likeness (QED) is 0.437. The Morgan fingerprint density at radius 1 is 0.938 bits per heavy atom. The Morgan fingerprint density at radius 3 is 2.38 bits per heavy atom. The number of hydrogen-bond acceptors (Lipinski definition) is 7. The molecule has 1 N–H and O–H groups in total. The third-order valence-electron chi connectivity index (χ3n) is 4.99. The van der Waals surface area contributed by atoms with Crippen molar-refractivity contribution in [3.05, 3.63) is 77.5 Å². The summed E-state index contributed by atoms with van der Waals surface area (Å²) < 4.78 is 16.6. The Balaban J connectivity index is 1.47. The summed E-state index contributed by atoms with van der Waals surface area (Å²) in [5.74, 6) is 2.52. The third kappa shape index (κ3) is 4.55. The molecule has 0 spiro atoms. The molecule has 0 saturated heterocycles. The van der Waals surface area contributed by atoms with E-state index in [9.17, 15) is 0 Å². The molecular weight excluding hydrogens is 404 g/mol. The lowest BCUT2D eigenvalue weighted by Gasteiger charge is -2.12. The van der Waals surface area contributed by atoms with Crippen LogP contribution in [-0.4, -0.2) is 24.2 Å². The van der Waals surface area contributed by atoms with Crippen LogP contribution in [0.1, 0.15) is 16.7 Å². The number of nitrogens with one attached hydrogen (secondary N) is 1. The number of fused-ring (bicyclic) bond motifs is 1. The fourth-order valence-corrected chi connectivity index (χ4v) is 3.27. The van der Waals surface area contributed by atoms with Crippen molar-refractivity contribution in [3.8, 4) is 23.3 Å². The number of benzene rings is 3. The highest BCUT2D eigenvalue weighted by atomic mass is 16.5. The summed E-state index contributed by atoms with van der Waals surface area (Å²) in [5, 5.41) is 13.0. The summed E-state index contributed by atoms with van der Waals surface area (Å²) in [6, 6.07) is 19.0. The van der Waals surface area contributed by atoms with Crippen molar-refractivity contribution >= 4 is 22.5 Å². The zero-order chi connectivity index (χ0) is 22.5. The van der Waals surface area contributed by atoms with Crippen LogP contribution in [0.25, 0.3) is 10.9 Å². The Hall–Kier alpha value is -4.31. The second kappa shape index (κ2) is 9.23. The van der Waals surface area contributed by atoms with Crippen LogP contribution in [0.3, 0.4) is 0 Å². The molecule has 1 aromatic heterocycles. The van der Waals surface area contributed by atoms with Crippen LogP contribution in [0.4, 0.5) is 11.6 Å². The highest BCUT2D eigenvalue weighted by molar-refractivity contribution is 5.83. The minimum absolute atomic E-state index is 0.429. The molecule has 0 radical (unpaired) electrons. The van der Waals surface area contributed by atoms with Crippen LogP contribution in [-0.2, 0) is 6.61 Å². The van der Waals surface area contributed by atoms with Gasteiger partial charge in [-0.05, 0) is 54.4 Å². The first-order valence-electron chi connectivity index (χ1n) is 9.98. The van der Waals surface area contributed by atoms with Gasteiger partial charge in [-0.15, -0.1) is 0 Å². The van der Waals surface area contributed by atoms with Gasteiger partial charge in [0.15, 0.2) is 11.5 Å². The van der Waals surface area contributed by atoms with Gasteiger partial charge < -0.3 is 19.5 Å². The van der Waals surface area contributed by atoms with Crippen molar-refractivity contribution in [1.82, 2.24) is 9.97 Å². The van der Waals surface area contributed by atoms with E-state index < -0.39 is 0 Å². The summed E-state index contributed by atoms with van der Waals surface area (Å²) >= 11 is 0. The Labute approximate surface area is 186 Å². The number of aromatic nitrogens is 2. The summed E-state index contributed by atoms with van der Waals surface area (Å²) in [6.45, 7) is 2.41.